The number of furan rings is 1. The fourth-order valence-electron chi connectivity index (χ4n) is 0.827. The van der Waals surface area contributed by atoms with Gasteiger partial charge < -0.3 is 10.2 Å². The van der Waals surface area contributed by atoms with E-state index in [9.17, 15) is 4.79 Å². The molecule has 1 atom stereocenters. The van der Waals surface area contributed by atoms with Crippen LogP contribution in [0.25, 0.3) is 0 Å². The van der Waals surface area contributed by atoms with Crippen molar-refractivity contribution in [3.8, 4) is 0 Å². The number of hydrogen-bond donors (Lipinski definition) is 2. The largest absolute Gasteiger partial charge is 0.472 e. The quantitative estimate of drug-likeness (QED) is 0.647. The van der Waals surface area contributed by atoms with Crippen LogP contribution in [0.1, 0.15) is 18.5 Å². The van der Waals surface area contributed by atoms with Gasteiger partial charge >= 0.3 is 0 Å². The van der Waals surface area contributed by atoms with E-state index in [0.29, 0.717) is 0 Å². The van der Waals surface area contributed by atoms with Crippen LogP contribution in [0.15, 0.2) is 23.0 Å². The number of hydrogen-bond acceptors (Lipinski definition) is 4. The molecule has 0 bridgehead atoms. The van der Waals surface area contributed by atoms with Gasteiger partial charge in [0, 0.05) is 5.56 Å². The van der Waals surface area contributed by atoms with Crippen LogP contribution >= 0.6 is 0 Å². The van der Waals surface area contributed by atoms with E-state index in [1.807, 2.05) is 13.0 Å². The molecule has 0 radical (unpaired) electrons. The van der Waals surface area contributed by atoms with E-state index in [0.717, 1.165) is 5.56 Å². The highest BCUT2D eigenvalue weighted by Crippen LogP contribution is 2.11. The van der Waals surface area contributed by atoms with Crippen LogP contribution in [0.5, 0.6) is 0 Å². The van der Waals surface area contributed by atoms with Crippen molar-refractivity contribution >= 4 is 5.91 Å². The number of amides is 1. The van der Waals surface area contributed by atoms with Crippen LogP contribution in [0.3, 0.4) is 0 Å². The zero-order valence-corrected chi connectivity index (χ0v) is 7.32. The van der Waals surface area contributed by atoms with Crippen molar-refractivity contribution in [3.63, 3.8) is 0 Å². The van der Waals surface area contributed by atoms with Gasteiger partial charge in [0.1, 0.15) is 6.61 Å². The van der Waals surface area contributed by atoms with Crippen molar-refractivity contribution in [2.75, 3.05) is 6.61 Å². The fraction of sp³-hybridized carbons (Fsp3) is 0.375. The van der Waals surface area contributed by atoms with Gasteiger partial charge in [0.15, 0.2) is 0 Å². The van der Waals surface area contributed by atoms with Crippen LogP contribution in [-0.4, -0.2) is 12.5 Å². The molecule has 0 spiro atoms. The molecule has 0 saturated carbocycles. The van der Waals surface area contributed by atoms with Gasteiger partial charge in [-0.1, -0.05) is 0 Å². The Morgan fingerprint density at radius 3 is 3.15 bits per heavy atom. The van der Waals surface area contributed by atoms with Gasteiger partial charge in [0.05, 0.1) is 18.6 Å². The second kappa shape index (κ2) is 4.64. The van der Waals surface area contributed by atoms with Crippen molar-refractivity contribution in [2.24, 2.45) is 5.73 Å². The summed E-state index contributed by atoms with van der Waals surface area (Å²) in [6.07, 6.45) is 3.17. The molecule has 0 aliphatic rings. The molecule has 1 aromatic heterocycles. The summed E-state index contributed by atoms with van der Waals surface area (Å²) in [5.74, 6) is -0.508. The Kier molecular flexibility index (Phi) is 3.48. The first-order chi connectivity index (χ1) is 6.20. The minimum Gasteiger partial charge on any atom is -0.472 e. The first-order valence-electron chi connectivity index (χ1n) is 3.88. The minimum atomic E-state index is -0.508. The maximum absolute atomic E-state index is 10.3. The lowest BCUT2D eigenvalue weighted by Gasteiger charge is -2.10. The topological polar surface area (TPSA) is 77.5 Å². The average molecular weight is 184 g/mol. The summed E-state index contributed by atoms with van der Waals surface area (Å²) in [4.78, 5) is 15.1. The molecule has 3 N–H and O–H groups in total. The van der Waals surface area contributed by atoms with Gasteiger partial charge in [0.25, 0.3) is 0 Å². The summed E-state index contributed by atoms with van der Waals surface area (Å²) in [6.45, 7) is 1.74. The Hall–Kier alpha value is -1.33. The second-order valence-corrected chi connectivity index (χ2v) is 2.65. The molecule has 1 rings (SSSR count). The van der Waals surface area contributed by atoms with Crippen molar-refractivity contribution in [2.45, 2.75) is 13.0 Å². The van der Waals surface area contributed by atoms with E-state index >= 15 is 0 Å². The van der Waals surface area contributed by atoms with Gasteiger partial charge in [0.2, 0.25) is 5.91 Å². The Balaban J connectivity index is 2.26. The summed E-state index contributed by atoms with van der Waals surface area (Å²) in [5.41, 5.74) is 8.48. The first-order valence-corrected chi connectivity index (χ1v) is 3.88. The Morgan fingerprint density at radius 2 is 2.62 bits per heavy atom. The Morgan fingerprint density at radius 1 is 1.85 bits per heavy atom. The molecule has 1 amide bonds. The molecule has 0 aliphatic carbocycles. The number of rotatable bonds is 5. The molecule has 5 nitrogen and oxygen atoms in total. The molecule has 0 saturated heterocycles. The Bertz CT molecular complexity index is 258. The highest BCUT2D eigenvalue weighted by molar-refractivity contribution is 5.74. The Labute approximate surface area is 75.8 Å². The standard InChI is InChI=1S/C8H12N2O3/c1-6(7-2-3-12-4-7)10-13-5-8(9)11/h2-4,6,10H,5H2,1H3,(H2,9,11). The maximum Gasteiger partial charge on any atom is 0.245 e. The van der Waals surface area contributed by atoms with Crippen molar-refractivity contribution in [1.82, 2.24) is 5.48 Å². The van der Waals surface area contributed by atoms with Crippen LogP contribution in [0.4, 0.5) is 0 Å². The lowest BCUT2D eigenvalue weighted by Crippen LogP contribution is -2.26. The normalized spacial score (nSPS) is 12.7. The van der Waals surface area contributed by atoms with Gasteiger partial charge in [-0.3, -0.25) is 9.63 Å². The summed E-state index contributed by atoms with van der Waals surface area (Å²) in [7, 11) is 0. The summed E-state index contributed by atoms with van der Waals surface area (Å²) < 4.78 is 4.88. The second-order valence-electron chi connectivity index (χ2n) is 2.65. The van der Waals surface area contributed by atoms with Crippen LogP contribution in [0, 0.1) is 0 Å². The maximum atomic E-state index is 10.3. The number of primary amides is 1. The van der Waals surface area contributed by atoms with Gasteiger partial charge in [-0.05, 0) is 13.0 Å². The molecule has 5 heteroatoms. The highest BCUT2D eigenvalue weighted by atomic mass is 16.6. The number of nitrogens with one attached hydrogen (secondary N) is 1. The van der Waals surface area contributed by atoms with Crippen LogP contribution in [-0.2, 0) is 9.63 Å². The third-order valence-corrected chi connectivity index (χ3v) is 1.52. The predicted octanol–water partition coefficient (Wildman–Crippen LogP) is 0.347. The summed E-state index contributed by atoms with van der Waals surface area (Å²) >= 11 is 0. The smallest absolute Gasteiger partial charge is 0.245 e. The molecule has 0 aliphatic heterocycles. The molecule has 0 fully saturated rings. The van der Waals surface area contributed by atoms with E-state index < -0.39 is 5.91 Å². The van der Waals surface area contributed by atoms with Crippen molar-refractivity contribution in [1.29, 1.82) is 0 Å². The lowest BCUT2D eigenvalue weighted by atomic mass is 10.2. The SMILES string of the molecule is CC(NOCC(N)=O)c1ccoc1. The number of hydroxylamine groups is 1. The van der Waals surface area contributed by atoms with Crippen molar-refractivity contribution < 1.29 is 14.0 Å². The highest BCUT2D eigenvalue weighted by Gasteiger charge is 2.06. The summed E-state index contributed by atoms with van der Waals surface area (Å²) in [5, 5.41) is 0. The first kappa shape index (κ1) is 9.76. The summed E-state index contributed by atoms with van der Waals surface area (Å²) in [6, 6.07) is 1.78. The van der Waals surface area contributed by atoms with Crippen molar-refractivity contribution in [3.05, 3.63) is 24.2 Å². The number of nitrogens with two attached hydrogens (primary N) is 1. The molecular weight excluding hydrogens is 172 g/mol. The zero-order valence-electron chi connectivity index (χ0n) is 7.32. The van der Waals surface area contributed by atoms with Gasteiger partial charge in [-0.2, -0.15) is 5.48 Å². The molecule has 1 unspecified atom stereocenters. The van der Waals surface area contributed by atoms with E-state index in [2.05, 4.69) is 5.48 Å². The number of carbonyl (C=O) groups excluding carboxylic acids is 1. The minimum absolute atomic E-state index is 0.0295. The third-order valence-electron chi connectivity index (χ3n) is 1.52. The van der Waals surface area contributed by atoms with Gasteiger partial charge in [-0.15, -0.1) is 0 Å². The zero-order chi connectivity index (χ0) is 9.68. The molecule has 1 heterocycles. The van der Waals surface area contributed by atoms with Crippen LogP contribution in [0.2, 0.25) is 0 Å². The molecular formula is C8H12N2O3. The molecule has 13 heavy (non-hydrogen) atoms. The average Bonchev–Trinajstić information content (AvgIpc) is 2.55. The van der Waals surface area contributed by atoms with E-state index in [1.54, 1.807) is 12.5 Å². The third kappa shape index (κ3) is 3.27. The van der Waals surface area contributed by atoms with E-state index in [4.69, 9.17) is 15.0 Å². The predicted molar refractivity (Wildman–Crippen MR) is 45.4 cm³/mol. The molecule has 72 valence electrons. The molecule has 1 aromatic rings. The monoisotopic (exact) mass is 184 g/mol. The van der Waals surface area contributed by atoms with Gasteiger partial charge in [-0.25, -0.2) is 0 Å². The molecule has 0 aromatic carbocycles. The fourth-order valence-corrected chi connectivity index (χ4v) is 0.827. The number of carbonyl (C=O) groups is 1. The van der Waals surface area contributed by atoms with Crippen LogP contribution < -0.4 is 11.2 Å². The van der Waals surface area contributed by atoms with E-state index in [1.165, 1.54) is 0 Å². The lowest BCUT2D eigenvalue weighted by molar-refractivity contribution is -0.126. The van der Waals surface area contributed by atoms with E-state index in [-0.39, 0.29) is 12.6 Å².